The molecule has 0 aromatic heterocycles. The topological polar surface area (TPSA) is 315 Å². The lowest BCUT2D eigenvalue weighted by atomic mass is 16.0. The third kappa shape index (κ3) is 646. The normalized spacial score (nSPS) is 0. The van der Waals surface area contributed by atoms with Gasteiger partial charge in [0, 0.05) is 0 Å². The Kier molecular flexibility index (Phi) is 44000. The molecule has 0 saturated carbocycles. The molecule has 0 fully saturated rings. The second-order valence-electron chi connectivity index (χ2n) is 0. The summed E-state index contributed by atoms with van der Waals surface area (Å²) in [6.07, 6.45) is 0. The van der Waals surface area contributed by atoms with E-state index in [9.17, 15) is 0 Å². The van der Waals surface area contributed by atoms with Gasteiger partial charge < -0.3 is 54.8 Å². The van der Waals surface area contributed by atoms with Crippen LogP contribution in [0.25, 0.3) is 0 Å². The Hall–Kier alpha value is 2.26. The minimum atomic E-state index is 0. The zero-order valence-electron chi connectivity index (χ0n) is 5.00. The van der Waals surface area contributed by atoms with E-state index in [0.29, 0.717) is 0 Å². The summed E-state index contributed by atoms with van der Waals surface area (Å²) in [7, 11) is 0. The molecular formula is H35Al5O10. The third-order valence-corrected chi connectivity index (χ3v) is 0. The van der Waals surface area contributed by atoms with Gasteiger partial charge in [-0.3, -0.25) is 0 Å². The summed E-state index contributed by atoms with van der Waals surface area (Å²) in [5.74, 6) is 0. The fraction of sp³-hybridized carbons (Fsp3) is 0. The molecule has 0 rings (SSSR count). The van der Waals surface area contributed by atoms with Crippen LogP contribution in [0.4, 0.5) is 0 Å². The molecule has 0 aliphatic rings. The van der Waals surface area contributed by atoms with Crippen LogP contribution in [-0.2, 0) is 0 Å². The Morgan fingerprint density at radius 1 is 0.133 bits per heavy atom. The summed E-state index contributed by atoms with van der Waals surface area (Å²) in [5, 5.41) is 0. The number of hydrogen-bond acceptors (Lipinski definition) is 0. The van der Waals surface area contributed by atoms with E-state index >= 15 is 0 Å². The van der Waals surface area contributed by atoms with Crippen molar-refractivity contribution < 1.29 is 54.8 Å². The van der Waals surface area contributed by atoms with E-state index in [4.69, 9.17) is 0 Å². The zero-order valence-corrected chi connectivity index (χ0v) is 5.00. The predicted octanol–water partition coefficient (Wildman–Crippen LogP) is -14.2. The zero-order chi connectivity index (χ0) is 0. The molecule has 10 nitrogen and oxygen atoms in total. The van der Waals surface area contributed by atoms with E-state index in [2.05, 4.69) is 0 Å². The molecule has 0 radical (unpaired) electrons. The highest BCUT2D eigenvalue weighted by atomic mass is 27.0. The second kappa shape index (κ2) is 740. The van der Waals surface area contributed by atoms with Gasteiger partial charge in [0.15, 0.2) is 86.8 Å². The van der Waals surface area contributed by atoms with Crippen LogP contribution in [0.3, 0.4) is 0 Å². The summed E-state index contributed by atoms with van der Waals surface area (Å²) >= 11 is 0. The van der Waals surface area contributed by atoms with Crippen LogP contribution < -0.4 is 0 Å². The van der Waals surface area contributed by atoms with Crippen LogP contribution in [0.5, 0.6) is 0 Å². The fourth-order valence-electron chi connectivity index (χ4n) is 0. The van der Waals surface area contributed by atoms with Gasteiger partial charge in [-0.15, -0.1) is 0 Å². The molecule has 0 spiro atoms. The van der Waals surface area contributed by atoms with Crippen molar-refractivity contribution in [2.24, 2.45) is 0 Å². The lowest BCUT2D eigenvalue weighted by Crippen LogP contribution is -0.382. The van der Waals surface area contributed by atoms with Gasteiger partial charge in [-0.05, 0) is 0 Å². The van der Waals surface area contributed by atoms with Gasteiger partial charge in [0.1, 0.15) is 0 Å². The molecule has 15 heavy (non-hydrogen) atoms. The van der Waals surface area contributed by atoms with Gasteiger partial charge in [0.05, 0.1) is 0 Å². The van der Waals surface area contributed by atoms with Crippen molar-refractivity contribution in [2.75, 3.05) is 0 Å². The van der Waals surface area contributed by atoms with Gasteiger partial charge in [-0.2, -0.15) is 0 Å². The van der Waals surface area contributed by atoms with Crippen molar-refractivity contribution in [3.63, 3.8) is 0 Å². The Morgan fingerprint density at radius 3 is 0.133 bits per heavy atom. The van der Waals surface area contributed by atoms with Gasteiger partial charge in [-0.25, -0.2) is 0 Å². The first-order valence-corrected chi connectivity index (χ1v) is 0. The molecule has 15 heteroatoms. The molecule has 0 atom stereocenters. The Bertz CT molecular complexity index is 13.8. The fourth-order valence-corrected chi connectivity index (χ4v) is 0. The average molecular weight is 330 g/mol. The molecule has 0 heterocycles. The lowest BCUT2D eigenvalue weighted by molar-refractivity contribution is 0.823. The van der Waals surface area contributed by atoms with Crippen molar-refractivity contribution in [1.82, 2.24) is 0 Å². The van der Waals surface area contributed by atoms with Crippen LogP contribution in [0, 0.1) is 0 Å². The molecular weight excluding hydrogens is 295 g/mol. The summed E-state index contributed by atoms with van der Waals surface area (Å²) < 4.78 is 0. The largest absolute Gasteiger partial charge is 0.412 e. The average Bonchev–Trinajstić information content (AvgIpc) is 0. The monoisotopic (exact) mass is 330 g/mol. The second-order valence-corrected chi connectivity index (χ2v) is 0. The molecule has 0 aliphatic heterocycles. The van der Waals surface area contributed by atoms with E-state index in [1.807, 2.05) is 0 Å². The van der Waals surface area contributed by atoms with E-state index in [0.717, 1.165) is 0 Å². The van der Waals surface area contributed by atoms with Gasteiger partial charge in [0.2, 0.25) is 0 Å². The predicted molar refractivity (Wildman–Crippen MR) is 85.8 cm³/mol. The number of rotatable bonds is 0. The lowest BCUT2D eigenvalue weighted by Gasteiger charge is -0.413. The van der Waals surface area contributed by atoms with Gasteiger partial charge in [-0.1, -0.05) is 0 Å². The summed E-state index contributed by atoms with van der Waals surface area (Å²) in [6.45, 7) is 0. The Labute approximate surface area is 141 Å². The first-order valence-electron chi connectivity index (χ1n) is 0. The van der Waals surface area contributed by atoms with Crippen LogP contribution >= 0.6 is 0 Å². The molecule has 0 aromatic rings. The maximum absolute atomic E-state index is 0. The first kappa shape index (κ1) is 892. The Balaban J connectivity index is 0. The highest BCUT2D eigenvalue weighted by Crippen LogP contribution is -0.280. The quantitative estimate of drug-likeness (QED) is 0.373. The molecule has 0 amide bonds. The molecule has 0 bridgehead atoms. The van der Waals surface area contributed by atoms with Gasteiger partial charge in [0.25, 0.3) is 0 Å². The SMILES string of the molecule is O.O.O.O.O.O.O.O.O.O.[AlH3].[AlH3].[AlH3].[AlH3].[AlH3]. The molecule has 110 valence electrons. The van der Waals surface area contributed by atoms with Crippen molar-refractivity contribution in [3.05, 3.63) is 0 Å². The summed E-state index contributed by atoms with van der Waals surface area (Å²) in [4.78, 5) is 0. The van der Waals surface area contributed by atoms with Gasteiger partial charge >= 0.3 is 0 Å². The highest BCUT2D eigenvalue weighted by molar-refractivity contribution is 5.76. The van der Waals surface area contributed by atoms with Crippen LogP contribution in [0.1, 0.15) is 0 Å². The first-order chi connectivity index (χ1) is 0. The molecule has 0 saturated heterocycles. The van der Waals surface area contributed by atoms with Crippen molar-refractivity contribution in [2.45, 2.75) is 0 Å². The van der Waals surface area contributed by atoms with E-state index in [1.54, 1.807) is 0 Å². The van der Waals surface area contributed by atoms with Crippen LogP contribution in [0.2, 0.25) is 0 Å². The summed E-state index contributed by atoms with van der Waals surface area (Å²) in [5.41, 5.74) is 0. The highest BCUT2D eigenvalue weighted by Gasteiger charge is 0.191. The smallest absolute Gasteiger partial charge is 0.187 e. The van der Waals surface area contributed by atoms with E-state index in [1.165, 1.54) is 0 Å². The third-order valence-electron chi connectivity index (χ3n) is 0. The minimum absolute atomic E-state index is 0. The van der Waals surface area contributed by atoms with Crippen molar-refractivity contribution in [1.29, 1.82) is 0 Å². The minimum Gasteiger partial charge on any atom is -0.412 e. The van der Waals surface area contributed by atoms with E-state index in [-0.39, 0.29) is 142 Å². The number of hydrogen-bond donors (Lipinski definition) is 0. The van der Waals surface area contributed by atoms with Crippen LogP contribution in [-0.4, -0.2) is 142 Å². The molecule has 0 unspecified atom stereocenters. The summed E-state index contributed by atoms with van der Waals surface area (Å²) in [6, 6.07) is 0. The van der Waals surface area contributed by atoms with Crippen molar-refractivity contribution in [3.8, 4) is 0 Å². The maximum atomic E-state index is 0. The van der Waals surface area contributed by atoms with Crippen LogP contribution in [0.15, 0.2) is 0 Å². The van der Waals surface area contributed by atoms with E-state index < -0.39 is 0 Å². The maximum Gasteiger partial charge on any atom is 0.187 e. The molecule has 20 N–H and O–H groups in total. The van der Waals surface area contributed by atoms with Crippen molar-refractivity contribution >= 4 is 86.8 Å². The standard InChI is InChI=1S/5Al.10H2O.15H/h;;;;;10*1H2;;;;;;;;;;;;;;;. The molecule has 0 aromatic carbocycles. The molecule has 0 aliphatic carbocycles. The Morgan fingerprint density at radius 2 is 0.133 bits per heavy atom.